The summed E-state index contributed by atoms with van der Waals surface area (Å²) in [5.74, 6) is 1.35. The van der Waals surface area contributed by atoms with E-state index in [1.165, 1.54) is 22.4 Å². The van der Waals surface area contributed by atoms with Crippen molar-refractivity contribution < 1.29 is 0 Å². The van der Waals surface area contributed by atoms with Gasteiger partial charge >= 0.3 is 0 Å². The highest BCUT2D eigenvalue weighted by atomic mass is 15.3. The van der Waals surface area contributed by atoms with Crippen molar-refractivity contribution >= 4 is 23.1 Å². The highest BCUT2D eigenvalue weighted by Gasteiger charge is 2.22. The minimum Gasteiger partial charge on any atom is -0.338 e. The van der Waals surface area contributed by atoms with Gasteiger partial charge in [-0.1, -0.05) is 36.4 Å². The number of hydrogen-bond donors (Lipinski definition) is 1. The molecule has 2 aromatic carbocycles. The summed E-state index contributed by atoms with van der Waals surface area (Å²) in [5.41, 5.74) is 5.94. The van der Waals surface area contributed by atoms with Crippen molar-refractivity contribution in [2.75, 3.05) is 16.8 Å². The summed E-state index contributed by atoms with van der Waals surface area (Å²) in [4.78, 5) is 6.80. The Bertz CT molecular complexity index is 870. The number of benzene rings is 2. The average molecular weight is 317 g/mol. The lowest BCUT2D eigenvalue weighted by Crippen LogP contribution is -2.17. The Balaban J connectivity index is 1.66. The molecule has 1 aliphatic heterocycles. The number of nitrogens with one attached hydrogen (secondary N) is 1. The van der Waals surface area contributed by atoms with E-state index in [-0.39, 0.29) is 0 Å². The number of aryl methyl sites for hydroxylation is 2. The van der Waals surface area contributed by atoms with Crippen LogP contribution in [0.3, 0.4) is 0 Å². The van der Waals surface area contributed by atoms with Gasteiger partial charge in [-0.05, 0) is 43.0 Å². The predicted molar refractivity (Wildman–Crippen MR) is 96.2 cm³/mol. The van der Waals surface area contributed by atoms with Crippen molar-refractivity contribution in [3.8, 4) is 0 Å². The zero-order valence-electron chi connectivity index (χ0n) is 13.8. The van der Waals surface area contributed by atoms with Crippen molar-refractivity contribution in [3.05, 3.63) is 65.4 Å². The quantitative estimate of drug-likeness (QED) is 0.793. The third kappa shape index (κ3) is 2.58. The topological polar surface area (TPSA) is 53.9 Å². The number of aromatic nitrogens is 3. The maximum Gasteiger partial charge on any atom is 0.251 e. The van der Waals surface area contributed by atoms with E-state index in [4.69, 9.17) is 0 Å². The van der Waals surface area contributed by atoms with Crippen molar-refractivity contribution in [2.45, 2.75) is 20.3 Å². The van der Waals surface area contributed by atoms with Crippen LogP contribution in [0.2, 0.25) is 0 Å². The molecule has 4 rings (SSSR count). The summed E-state index contributed by atoms with van der Waals surface area (Å²) in [6.07, 6.45) is 2.67. The lowest BCUT2D eigenvalue weighted by Gasteiger charge is -2.17. The molecule has 1 aliphatic rings. The van der Waals surface area contributed by atoms with Crippen molar-refractivity contribution in [2.24, 2.45) is 0 Å². The summed E-state index contributed by atoms with van der Waals surface area (Å²) in [6.45, 7) is 5.05. The molecule has 2 heterocycles. The van der Waals surface area contributed by atoms with E-state index in [1.54, 1.807) is 6.20 Å². The lowest BCUT2D eigenvalue weighted by atomic mass is 10.1. The smallest absolute Gasteiger partial charge is 0.251 e. The van der Waals surface area contributed by atoms with Crippen LogP contribution in [0, 0.1) is 13.8 Å². The highest BCUT2D eigenvalue weighted by molar-refractivity contribution is 5.68. The molecule has 0 bridgehead atoms. The molecule has 0 saturated carbocycles. The monoisotopic (exact) mass is 317 g/mol. The molecule has 0 radical (unpaired) electrons. The highest BCUT2D eigenvalue weighted by Crippen LogP contribution is 2.32. The second-order valence-electron chi connectivity index (χ2n) is 6.06. The standard InChI is InChI=1S/C19H19N5/c1-13-6-5-7-14(2)18(13)21-17-12-20-23-19(22-17)24-11-10-15-8-3-4-9-16(15)24/h3-9,12H,10-11H2,1-2H3,(H,21,22,23). The summed E-state index contributed by atoms with van der Waals surface area (Å²) >= 11 is 0. The van der Waals surface area contributed by atoms with E-state index in [9.17, 15) is 0 Å². The summed E-state index contributed by atoms with van der Waals surface area (Å²) in [5, 5.41) is 11.8. The van der Waals surface area contributed by atoms with Gasteiger partial charge in [0.1, 0.15) is 0 Å². The van der Waals surface area contributed by atoms with Gasteiger partial charge in [-0.2, -0.15) is 10.1 Å². The second kappa shape index (κ2) is 5.92. The molecule has 1 aromatic heterocycles. The van der Waals surface area contributed by atoms with Crippen molar-refractivity contribution in [3.63, 3.8) is 0 Å². The van der Waals surface area contributed by atoms with E-state index in [0.29, 0.717) is 11.8 Å². The van der Waals surface area contributed by atoms with E-state index in [1.807, 2.05) is 6.07 Å². The van der Waals surface area contributed by atoms with Crippen LogP contribution in [0.1, 0.15) is 16.7 Å². The molecule has 3 aromatic rings. The molecule has 5 heteroatoms. The van der Waals surface area contributed by atoms with Crippen LogP contribution in [-0.4, -0.2) is 21.7 Å². The number of anilines is 4. The Morgan fingerprint density at radius 3 is 2.62 bits per heavy atom. The molecule has 0 fully saturated rings. The van der Waals surface area contributed by atoms with Gasteiger partial charge < -0.3 is 10.2 Å². The third-order valence-corrected chi connectivity index (χ3v) is 4.41. The number of hydrogen-bond acceptors (Lipinski definition) is 5. The first kappa shape index (κ1) is 14.6. The summed E-state index contributed by atoms with van der Waals surface area (Å²) in [7, 11) is 0. The fraction of sp³-hybridized carbons (Fsp3) is 0.211. The zero-order chi connectivity index (χ0) is 16.5. The van der Waals surface area contributed by atoms with Gasteiger partial charge in [-0.25, -0.2) is 0 Å². The van der Waals surface area contributed by atoms with E-state index in [2.05, 4.69) is 75.6 Å². The Morgan fingerprint density at radius 2 is 1.79 bits per heavy atom. The molecule has 0 spiro atoms. The Labute approximate surface area is 141 Å². The SMILES string of the molecule is Cc1cccc(C)c1Nc1cnnc(N2CCc3ccccc32)n1. The first-order valence-corrected chi connectivity index (χ1v) is 8.11. The van der Waals surface area contributed by atoms with Crippen LogP contribution in [-0.2, 0) is 6.42 Å². The largest absolute Gasteiger partial charge is 0.338 e. The normalized spacial score (nSPS) is 13.0. The predicted octanol–water partition coefficient (Wildman–Crippen LogP) is 3.93. The Kier molecular flexibility index (Phi) is 3.61. The zero-order valence-corrected chi connectivity index (χ0v) is 13.8. The summed E-state index contributed by atoms with van der Waals surface area (Å²) in [6, 6.07) is 14.6. The maximum atomic E-state index is 4.67. The Morgan fingerprint density at radius 1 is 1.00 bits per heavy atom. The first-order chi connectivity index (χ1) is 11.7. The number of fused-ring (bicyclic) bond motifs is 1. The van der Waals surface area contributed by atoms with Gasteiger partial charge in [0.2, 0.25) is 0 Å². The van der Waals surface area contributed by atoms with Gasteiger partial charge in [0.15, 0.2) is 5.82 Å². The maximum absolute atomic E-state index is 4.67. The molecule has 0 amide bonds. The molecule has 120 valence electrons. The fourth-order valence-corrected chi connectivity index (χ4v) is 3.15. The lowest BCUT2D eigenvalue weighted by molar-refractivity contribution is 0.887. The van der Waals surface area contributed by atoms with Gasteiger partial charge in [0, 0.05) is 17.9 Å². The first-order valence-electron chi connectivity index (χ1n) is 8.11. The molecule has 0 unspecified atom stereocenters. The number of nitrogens with zero attached hydrogens (tertiary/aromatic N) is 4. The third-order valence-electron chi connectivity index (χ3n) is 4.41. The molecule has 0 atom stereocenters. The second-order valence-corrected chi connectivity index (χ2v) is 6.06. The van der Waals surface area contributed by atoms with Crippen molar-refractivity contribution in [1.29, 1.82) is 0 Å². The van der Waals surface area contributed by atoms with Crippen LogP contribution in [0.25, 0.3) is 0 Å². The van der Waals surface area contributed by atoms with E-state index >= 15 is 0 Å². The van der Waals surface area contributed by atoms with Gasteiger partial charge in [-0.3, -0.25) is 0 Å². The van der Waals surface area contributed by atoms with Gasteiger partial charge in [0.05, 0.1) is 6.20 Å². The molecule has 0 saturated heterocycles. The van der Waals surface area contributed by atoms with Crippen LogP contribution < -0.4 is 10.2 Å². The van der Waals surface area contributed by atoms with Crippen molar-refractivity contribution in [1.82, 2.24) is 15.2 Å². The molecule has 1 N–H and O–H groups in total. The number of rotatable bonds is 3. The fourth-order valence-electron chi connectivity index (χ4n) is 3.15. The van der Waals surface area contributed by atoms with Crippen LogP contribution in [0.15, 0.2) is 48.7 Å². The van der Waals surface area contributed by atoms with E-state index in [0.717, 1.165) is 18.7 Å². The van der Waals surface area contributed by atoms with E-state index < -0.39 is 0 Å². The van der Waals surface area contributed by atoms with Gasteiger partial charge in [0.25, 0.3) is 5.95 Å². The number of para-hydroxylation sites is 2. The Hall–Kier alpha value is -2.95. The van der Waals surface area contributed by atoms with Crippen LogP contribution in [0.5, 0.6) is 0 Å². The summed E-state index contributed by atoms with van der Waals surface area (Å²) < 4.78 is 0. The van der Waals surface area contributed by atoms with Crippen LogP contribution >= 0.6 is 0 Å². The molecule has 5 nitrogen and oxygen atoms in total. The molecular formula is C19H19N5. The molecule has 24 heavy (non-hydrogen) atoms. The van der Waals surface area contributed by atoms with Gasteiger partial charge in [-0.15, -0.1) is 5.10 Å². The minimum atomic E-state index is 0.635. The van der Waals surface area contributed by atoms with Crippen LogP contribution in [0.4, 0.5) is 23.1 Å². The molecule has 0 aliphatic carbocycles. The minimum absolute atomic E-state index is 0.635. The molecular weight excluding hydrogens is 298 g/mol. The average Bonchev–Trinajstić information content (AvgIpc) is 3.03.